The topological polar surface area (TPSA) is 116 Å². The lowest BCUT2D eigenvalue weighted by Crippen LogP contribution is -2.62. The Hall–Kier alpha value is -3.71. The summed E-state index contributed by atoms with van der Waals surface area (Å²) in [6, 6.07) is 4.37. The van der Waals surface area contributed by atoms with E-state index in [1.165, 1.54) is 12.1 Å². The summed E-state index contributed by atoms with van der Waals surface area (Å²) in [5.74, 6) is -4.02. The first-order valence-corrected chi connectivity index (χ1v) is 12.3. The predicted octanol–water partition coefficient (Wildman–Crippen LogP) is 5.73. The zero-order chi connectivity index (χ0) is 27.3. The number of allylic oxidation sites excluding steroid dienone is 5. The van der Waals surface area contributed by atoms with Crippen LogP contribution in [0.3, 0.4) is 0 Å². The summed E-state index contributed by atoms with van der Waals surface area (Å²) in [6.45, 7) is 11.4. The first kappa shape index (κ1) is 26.4. The quantitative estimate of drug-likeness (QED) is 0.370. The molecular weight excluding hydrogens is 472 g/mol. The third-order valence-electron chi connectivity index (χ3n) is 6.86. The van der Waals surface area contributed by atoms with Gasteiger partial charge in [0, 0.05) is 29.2 Å². The van der Waals surface area contributed by atoms with Gasteiger partial charge in [-0.05, 0) is 66.5 Å². The molecule has 4 N–H and O–H groups in total. The fraction of sp³-hybridized carbons (Fsp3) is 0.367. The number of hydrogen-bond acceptors (Lipinski definition) is 7. The fourth-order valence-corrected chi connectivity index (χ4v) is 4.80. The molecule has 4 rings (SSSR count). The first-order valence-electron chi connectivity index (χ1n) is 12.3. The molecule has 7 heteroatoms. The van der Waals surface area contributed by atoms with E-state index in [1.807, 2.05) is 59.8 Å². The second-order valence-corrected chi connectivity index (χ2v) is 10.5. The molecule has 2 aliphatic heterocycles. The number of hydrogen-bond donors (Lipinski definition) is 4. The molecule has 0 radical (unpaired) electrons. The molecule has 2 heterocycles. The Kier molecular flexibility index (Phi) is 6.63. The number of Topliss-reactive ketones (excluding diaryl/α,β-unsaturated/α-hetero) is 1. The minimum Gasteiger partial charge on any atom is -0.508 e. The van der Waals surface area contributed by atoms with E-state index in [-0.39, 0.29) is 47.0 Å². The van der Waals surface area contributed by atoms with Crippen molar-refractivity contribution >= 4 is 5.78 Å². The van der Waals surface area contributed by atoms with E-state index in [9.17, 15) is 25.2 Å². The van der Waals surface area contributed by atoms with Crippen LogP contribution in [0.4, 0.5) is 0 Å². The van der Waals surface area contributed by atoms with Crippen molar-refractivity contribution in [1.29, 1.82) is 0 Å². The number of aliphatic hydroxyl groups is 1. The van der Waals surface area contributed by atoms with Gasteiger partial charge in [0.1, 0.15) is 34.3 Å². The van der Waals surface area contributed by atoms with E-state index in [1.54, 1.807) is 6.07 Å². The minimum absolute atomic E-state index is 0.0367. The minimum atomic E-state index is -2.52. The molecule has 0 bridgehead atoms. The van der Waals surface area contributed by atoms with E-state index in [0.717, 1.165) is 16.7 Å². The van der Waals surface area contributed by atoms with Crippen molar-refractivity contribution in [2.45, 2.75) is 72.2 Å². The van der Waals surface area contributed by atoms with Crippen molar-refractivity contribution < 1.29 is 34.7 Å². The molecule has 0 amide bonds. The largest absolute Gasteiger partial charge is 0.508 e. The van der Waals surface area contributed by atoms with Crippen LogP contribution < -0.4 is 9.47 Å². The van der Waals surface area contributed by atoms with Crippen LogP contribution in [0.1, 0.15) is 75.0 Å². The maximum Gasteiger partial charge on any atom is 0.318 e. The summed E-state index contributed by atoms with van der Waals surface area (Å²) in [6.07, 6.45) is 6.11. The number of fused-ring (bicyclic) bond motifs is 4. The highest BCUT2D eigenvalue weighted by Crippen LogP contribution is 2.59. The number of phenolic OH excluding ortho intramolecular Hbond substituents is 3. The maximum absolute atomic E-state index is 14.0. The highest BCUT2D eigenvalue weighted by Gasteiger charge is 2.70. The molecule has 0 aliphatic carbocycles. The summed E-state index contributed by atoms with van der Waals surface area (Å²) in [4.78, 5) is 14.0. The van der Waals surface area contributed by atoms with Crippen molar-refractivity contribution in [3.05, 3.63) is 75.4 Å². The smallest absolute Gasteiger partial charge is 0.318 e. The van der Waals surface area contributed by atoms with E-state index < -0.39 is 22.9 Å². The molecule has 2 aromatic rings. The summed E-state index contributed by atoms with van der Waals surface area (Å²) >= 11 is 0. The summed E-state index contributed by atoms with van der Waals surface area (Å²) < 4.78 is 12.4. The van der Waals surface area contributed by atoms with Gasteiger partial charge in [-0.1, -0.05) is 34.9 Å². The molecular formula is C30H34O7. The van der Waals surface area contributed by atoms with Crippen LogP contribution in [-0.4, -0.2) is 32.0 Å². The number of rotatable bonds is 6. The number of carbonyl (C=O) groups excluding carboxylic acids is 1. The van der Waals surface area contributed by atoms with E-state index in [0.29, 0.717) is 17.5 Å². The average Bonchev–Trinajstić information content (AvgIpc) is 3.05. The van der Waals surface area contributed by atoms with Crippen LogP contribution in [0, 0.1) is 0 Å². The zero-order valence-corrected chi connectivity index (χ0v) is 22.1. The van der Waals surface area contributed by atoms with Gasteiger partial charge >= 0.3 is 5.79 Å². The first-order chi connectivity index (χ1) is 17.3. The van der Waals surface area contributed by atoms with E-state index >= 15 is 0 Å². The monoisotopic (exact) mass is 506 g/mol. The van der Waals surface area contributed by atoms with Crippen molar-refractivity contribution in [3.63, 3.8) is 0 Å². The maximum atomic E-state index is 14.0. The number of phenols is 3. The Morgan fingerprint density at radius 3 is 2.03 bits per heavy atom. The van der Waals surface area contributed by atoms with Gasteiger partial charge in [-0.2, -0.15) is 0 Å². The van der Waals surface area contributed by atoms with Gasteiger partial charge < -0.3 is 29.9 Å². The van der Waals surface area contributed by atoms with Gasteiger partial charge in [0.05, 0.1) is 0 Å². The number of benzene rings is 2. The molecule has 7 nitrogen and oxygen atoms in total. The van der Waals surface area contributed by atoms with Crippen molar-refractivity contribution in [1.82, 2.24) is 0 Å². The van der Waals surface area contributed by atoms with Crippen molar-refractivity contribution in [3.8, 4) is 28.7 Å². The second-order valence-electron chi connectivity index (χ2n) is 10.5. The Bertz CT molecular complexity index is 1370. The van der Waals surface area contributed by atoms with Gasteiger partial charge in [0.25, 0.3) is 0 Å². The summed E-state index contributed by atoms with van der Waals surface area (Å²) in [7, 11) is 0. The molecule has 37 heavy (non-hydrogen) atoms. The second kappa shape index (κ2) is 9.30. The number of carbonyl (C=O) groups is 1. The fourth-order valence-electron chi connectivity index (χ4n) is 4.80. The van der Waals surface area contributed by atoms with Gasteiger partial charge in [-0.25, -0.2) is 0 Å². The van der Waals surface area contributed by atoms with Gasteiger partial charge in [0.15, 0.2) is 0 Å². The van der Waals surface area contributed by atoms with Crippen LogP contribution >= 0.6 is 0 Å². The third-order valence-corrected chi connectivity index (χ3v) is 6.86. The van der Waals surface area contributed by atoms with Crippen LogP contribution in [-0.2, 0) is 18.4 Å². The Balaban J connectivity index is 1.97. The normalized spacial score (nSPS) is 21.1. The molecule has 0 saturated carbocycles. The molecule has 0 fully saturated rings. The average molecular weight is 507 g/mol. The SMILES string of the molecule is CC(C)=CCc1c(O)cc2c(c1O)C(=O)[C@]1(O)Oc3c(ccc(O)c3CC=C(C)C)[C@]1(CC=C(C)C)O2. The highest BCUT2D eigenvalue weighted by atomic mass is 16.7. The molecule has 2 aromatic carbocycles. The van der Waals surface area contributed by atoms with Crippen LogP contribution in [0.25, 0.3) is 0 Å². The van der Waals surface area contributed by atoms with Gasteiger partial charge in [-0.3, -0.25) is 4.79 Å². The predicted molar refractivity (Wildman–Crippen MR) is 140 cm³/mol. The van der Waals surface area contributed by atoms with Crippen LogP contribution in [0.15, 0.2) is 53.1 Å². The summed E-state index contributed by atoms with van der Waals surface area (Å²) in [5, 5.41) is 44.5. The van der Waals surface area contributed by atoms with E-state index in [4.69, 9.17) is 9.47 Å². The lowest BCUT2D eigenvalue weighted by Gasteiger charge is -2.43. The molecule has 0 unspecified atom stereocenters. The number of ether oxygens (including phenoxy) is 2. The number of aromatic hydroxyl groups is 3. The molecule has 0 aromatic heterocycles. The zero-order valence-electron chi connectivity index (χ0n) is 22.1. The van der Waals surface area contributed by atoms with Gasteiger partial charge in [0.2, 0.25) is 11.4 Å². The highest BCUT2D eigenvalue weighted by molar-refractivity contribution is 6.09. The third kappa shape index (κ3) is 4.17. The van der Waals surface area contributed by atoms with Gasteiger partial charge in [-0.15, -0.1) is 0 Å². The Labute approximate surface area is 217 Å². The Morgan fingerprint density at radius 1 is 0.838 bits per heavy atom. The van der Waals surface area contributed by atoms with Crippen LogP contribution in [0.5, 0.6) is 28.7 Å². The standard InChI is InChI=1S/C30H34O7/c1-16(2)7-9-19-23(32)15-24-25(26(19)33)28(34)30(35)29(36-24,14-13-18(5)6)21-11-12-22(31)20(27(21)37-30)10-8-17(3)4/h7-8,11-13,15,31-33,35H,9-10,14H2,1-6H3/t29-,30-/m0/s1. The molecule has 0 saturated heterocycles. The van der Waals surface area contributed by atoms with Crippen molar-refractivity contribution in [2.75, 3.05) is 0 Å². The molecule has 196 valence electrons. The number of ketones is 1. The van der Waals surface area contributed by atoms with E-state index in [2.05, 4.69) is 0 Å². The lowest BCUT2D eigenvalue weighted by atomic mass is 9.76. The molecule has 0 spiro atoms. The molecule has 2 aliphatic rings. The van der Waals surface area contributed by atoms with Crippen LogP contribution in [0.2, 0.25) is 0 Å². The Morgan fingerprint density at radius 2 is 1.43 bits per heavy atom. The van der Waals surface area contributed by atoms with Crippen molar-refractivity contribution in [2.24, 2.45) is 0 Å². The summed E-state index contributed by atoms with van der Waals surface area (Å²) in [5.41, 5.74) is 1.91. The lowest BCUT2D eigenvalue weighted by molar-refractivity contribution is -0.201. The molecule has 2 atom stereocenters.